The molecule has 2 heteroatoms. The summed E-state index contributed by atoms with van der Waals surface area (Å²) in [7, 11) is 1.61. The molecule has 0 unspecified atom stereocenters. The van der Waals surface area contributed by atoms with Crippen molar-refractivity contribution >= 4 is 0 Å². The zero-order chi connectivity index (χ0) is 9.14. The molecule has 2 nitrogen and oxygen atoms in total. The molecule has 0 aliphatic heterocycles. The Balaban J connectivity index is 3.20. The number of hydrogen-bond acceptors (Lipinski definition) is 2. The Morgan fingerprint density at radius 1 is 1.33 bits per heavy atom. The predicted octanol–water partition coefficient (Wildman–Crippen LogP) is 2.52. The lowest BCUT2D eigenvalue weighted by Crippen LogP contribution is -1.94. The molecule has 0 spiro atoms. The molecule has 1 rings (SSSR count). The third-order valence-corrected chi connectivity index (χ3v) is 1.84. The Morgan fingerprint density at radius 3 is 2.42 bits per heavy atom. The van der Waals surface area contributed by atoms with Crippen LogP contribution in [0.15, 0.2) is 18.2 Å². The van der Waals surface area contributed by atoms with E-state index in [1.807, 2.05) is 19.9 Å². The molecular weight excluding hydrogens is 152 g/mol. The second-order valence-electron chi connectivity index (χ2n) is 3.05. The second-order valence-corrected chi connectivity index (χ2v) is 3.05. The van der Waals surface area contributed by atoms with Gasteiger partial charge in [0.15, 0.2) is 0 Å². The first-order chi connectivity index (χ1) is 5.66. The average Bonchev–Trinajstić information content (AvgIpc) is 2.03. The zero-order valence-electron chi connectivity index (χ0n) is 7.66. The SMILES string of the molecule is COc1cccc(O)c1C(C)C. The van der Waals surface area contributed by atoms with Gasteiger partial charge in [0.1, 0.15) is 11.5 Å². The highest BCUT2D eigenvalue weighted by Crippen LogP contribution is 2.33. The van der Waals surface area contributed by atoms with Crippen LogP contribution in [0.2, 0.25) is 0 Å². The maximum absolute atomic E-state index is 9.51. The number of rotatable bonds is 2. The van der Waals surface area contributed by atoms with Crippen molar-refractivity contribution in [3.05, 3.63) is 23.8 Å². The summed E-state index contributed by atoms with van der Waals surface area (Å²) >= 11 is 0. The second kappa shape index (κ2) is 3.48. The Bertz CT molecular complexity index is 267. The summed E-state index contributed by atoms with van der Waals surface area (Å²) < 4.78 is 5.13. The number of hydrogen-bond donors (Lipinski definition) is 1. The molecule has 1 aromatic carbocycles. The molecule has 0 bridgehead atoms. The van der Waals surface area contributed by atoms with Crippen LogP contribution in [0.25, 0.3) is 0 Å². The lowest BCUT2D eigenvalue weighted by molar-refractivity contribution is 0.396. The monoisotopic (exact) mass is 166 g/mol. The number of ether oxygens (including phenoxy) is 1. The molecule has 0 saturated heterocycles. The lowest BCUT2D eigenvalue weighted by atomic mass is 10.0. The molecule has 0 heterocycles. The molecule has 0 aliphatic carbocycles. The van der Waals surface area contributed by atoms with Crippen molar-refractivity contribution in [1.82, 2.24) is 0 Å². The van der Waals surface area contributed by atoms with Crippen molar-refractivity contribution in [2.75, 3.05) is 7.11 Å². The minimum absolute atomic E-state index is 0.279. The fourth-order valence-corrected chi connectivity index (χ4v) is 1.29. The number of benzene rings is 1. The number of phenolic OH excluding ortho intramolecular Hbond substituents is 1. The molecule has 66 valence electrons. The molecule has 1 aromatic rings. The van der Waals surface area contributed by atoms with Crippen molar-refractivity contribution in [2.24, 2.45) is 0 Å². The van der Waals surface area contributed by atoms with Gasteiger partial charge >= 0.3 is 0 Å². The molecule has 0 aliphatic rings. The summed E-state index contributed by atoms with van der Waals surface area (Å²) in [5.74, 6) is 1.34. The summed E-state index contributed by atoms with van der Waals surface area (Å²) in [6.45, 7) is 4.05. The van der Waals surface area contributed by atoms with Crippen molar-refractivity contribution in [3.63, 3.8) is 0 Å². The van der Waals surface area contributed by atoms with Gasteiger partial charge < -0.3 is 9.84 Å². The topological polar surface area (TPSA) is 29.5 Å². The summed E-state index contributed by atoms with van der Waals surface area (Å²) in [6.07, 6.45) is 0. The Hall–Kier alpha value is -1.18. The van der Waals surface area contributed by atoms with E-state index < -0.39 is 0 Å². The van der Waals surface area contributed by atoms with E-state index in [4.69, 9.17) is 4.74 Å². The quantitative estimate of drug-likeness (QED) is 0.731. The summed E-state index contributed by atoms with van der Waals surface area (Å²) in [5.41, 5.74) is 0.875. The van der Waals surface area contributed by atoms with Crippen LogP contribution in [0, 0.1) is 0 Å². The highest BCUT2D eigenvalue weighted by molar-refractivity contribution is 5.45. The van der Waals surface area contributed by atoms with Crippen LogP contribution in [-0.4, -0.2) is 12.2 Å². The van der Waals surface area contributed by atoms with Crippen molar-refractivity contribution in [2.45, 2.75) is 19.8 Å². The van der Waals surface area contributed by atoms with E-state index in [1.54, 1.807) is 19.2 Å². The largest absolute Gasteiger partial charge is 0.508 e. The zero-order valence-corrected chi connectivity index (χ0v) is 7.66. The van der Waals surface area contributed by atoms with Crippen LogP contribution in [0.5, 0.6) is 11.5 Å². The lowest BCUT2D eigenvalue weighted by Gasteiger charge is -2.12. The Kier molecular flexibility index (Phi) is 2.58. The van der Waals surface area contributed by atoms with Crippen LogP contribution in [0.1, 0.15) is 25.3 Å². The first kappa shape index (κ1) is 8.91. The van der Waals surface area contributed by atoms with E-state index in [9.17, 15) is 5.11 Å². The predicted molar refractivity (Wildman–Crippen MR) is 48.7 cm³/mol. The first-order valence-electron chi connectivity index (χ1n) is 4.02. The van der Waals surface area contributed by atoms with E-state index in [0.29, 0.717) is 5.75 Å². The van der Waals surface area contributed by atoms with Crippen LogP contribution in [0.4, 0.5) is 0 Å². The standard InChI is InChI=1S/C10H14O2/c1-7(2)10-8(11)5-4-6-9(10)12-3/h4-7,11H,1-3H3. The molecule has 0 atom stereocenters. The van der Waals surface area contributed by atoms with E-state index in [2.05, 4.69) is 0 Å². The van der Waals surface area contributed by atoms with Crippen LogP contribution in [-0.2, 0) is 0 Å². The number of aromatic hydroxyl groups is 1. The fraction of sp³-hybridized carbons (Fsp3) is 0.400. The van der Waals surface area contributed by atoms with Crippen molar-refractivity contribution in [1.29, 1.82) is 0 Å². The van der Waals surface area contributed by atoms with Crippen LogP contribution < -0.4 is 4.74 Å². The third-order valence-electron chi connectivity index (χ3n) is 1.84. The van der Waals surface area contributed by atoms with Crippen molar-refractivity contribution < 1.29 is 9.84 Å². The summed E-state index contributed by atoms with van der Waals surface area (Å²) in [5, 5.41) is 9.51. The normalized spacial score (nSPS) is 10.3. The molecule has 0 fully saturated rings. The van der Waals surface area contributed by atoms with Gasteiger partial charge in [0.05, 0.1) is 7.11 Å². The van der Waals surface area contributed by atoms with E-state index in [0.717, 1.165) is 11.3 Å². The smallest absolute Gasteiger partial charge is 0.126 e. The van der Waals surface area contributed by atoms with E-state index in [1.165, 1.54) is 0 Å². The van der Waals surface area contributed by atoms with Gasteiger partial charge in [-0.25, -0.2) is 0 Å². The highest BCUT2D eigenvalue weighted by atomic mass is 16.5. The van der Waals surface area contributed by atoms with Crippen LogP contribution >= 0.6 is 0 Å². The molecule has 1 N–H and O–H groups in total. The van der Waals surface area contributed by atoms with E-state index in [-0.39, 0.29) is 5.92 Å². The van der Waals surface area contributed by atoms with Gasteiger partial charge in [-0.3, -0.25) is 0 Å². The summed E-state index contributed by atoms with van der Waals surface area (Å²) in [6, 6.07) is 5.31. The molecule has 12 heavy (non-hydrogen) atoms. The van der Waals surface area contributed by atoms with Gasteiger partial charge in [-0.1, -0.05) is 19.9 Å². The van der Waals surface area contributed by atoms with E-state index >= 15 is 0 Å². The summed E-state index contributed by atoms with van der Waals surface area (Å²) in [4.78, 5) is 0. The molecule has 0 amide bonds. The maximum Gasteiger partial charge on any atom is 0.126 e. The first-order valence-corrected chi connectivity index (χ1v) is 4.02. The van der Waals surface area contributed by atoms with Crippen molar-refractivity contribution in [3.8, 4) is 11.5 Å². The number of phenols is 1. The average molecular weight is 166 g/mol. The fourth-order valence-electron chi connectivity index (χ4n) is 1.29. The molecular formula is C10H14O2. The third kappa shape index (κ3) is 1.52. The van der Waals surface area contributed by atoms with Gasteiger partial charge in [-0.2, -0.15) is 0 Å². The minimum atomic E-state index is 0.279. The number of methoxy groups -OCH3 is 1. The van der Waals surface area contributed by atoms with Gasteiger partial charge in [0.25, 0.3) is 0 Å². The van der Waals surface area contributed by atoms with Gasteiger partial charge in [0.2, 0.25) is 0 Å². The Morgan fingerprint density at radius 2 is 2.00 bits per heavy atom. The van der Waals surface area contributed by atoms with Crippen LogP contribution in [0.3, 0.4) is 0 Å². The molecule has 0 aromatic heterocycles. The molecule has 0 radical (unpaired) electrons. The minimum Gasteiger partial charge on any atom is -0.508 e. The molecule has 0 saturated carbocycles. The highest BCUT2D eigenvalue weighted by Gasteiger charge is 2.10. The van der Waals surface area contributed by atoms with Gasteiger partial charge in [-0.15, -0.1) is 0 Å². The van der Waals surface area contributed by atoms with Gasteiger partial charge in [-0.05, 0) is 18.1 Å². The van der Waals surface area contributed by atoms with Gasteiger partial charge in [0, 0.05) is 5.56 Å². The Labute approximate surface area is 72.8 Å². The maximum atomic E-state index is 9.51.